The van der Waals surface area contributed by atoms with Crippen molar-refractivity contribution in [2.45, 2.75) is 37.8 Å². The molecule has 8 nitrogen and oxygen atoms in total. The molecular weight excluding hydrogens is 400 g/mol. The third-order valence-corrected chi connectivity index (χ3v) is 6.95. The Balaban J connectivity index is 1.39. The molecule has 2 saturated heterocycles. The minimum Gasteiger partial charge on any atom is -0.391 e. The van der Waals surface area contributed by atoms with E-state index in [9.17, 15) is 9.90 Å². The van der Waals surface area contributed by atoms with E-state index in [2.05, 4.69) is 31.6 Å². The number of thiophene rings is 1. The van der Waals surface area contributed by atoms with Crippen molar-refractivity contribution < 1.29 is 9.90 Å². The molecule has 1 amide bonds. The van der Waals surface area contributed by atoms with Gasteiger partial charge in [-0.25, -0.2) is 9.97 Å². The van der Waals surface area contributed by atoms with E-state index in [1.807, 2.05) is 6.07 Å². The maximum Gasteiger partial charge on any atom is 0.253 e. The molecule has 3 aromatic heterocycles. The highest BCUT2D eigenvalue weighted by Gasteiger charge is 2.22. The number of amides is 1. The van der Waals surface area contributed by atoms with Crippen molar-refractivity contribution >= 4 is 33.4 Å². The van der Waals surface area contributed by atoms with Gasteiger partial charge in [0, 0.05) is 31.9 Å². The summed E-state index contributed by atoms with van der Waals surface area (Å²) in [4.78, 5) is 28.4. The van der Waals surface area contributed by atoms with Crippen LogP contribution >= 0.6 is 11.3 Å². The lowest BCUT2D eigenvalue weighted by Crippen LogP contribution is -2.45. The van der Waals surface area contributed by atoms with Crippen LogP contribution in [0.4, 0.5) is 5.00 Å². The van der Waals surface area contributed by atoms with E-state index in [1.165, 1.54) is 0 Å². The number of H-pyrrole nitrogens is 1. The van der Waals surface area contributed by atoms with Crippen molar-refractivity contribution in [1.29, 1.82) is 0 Å². The number of pyridine rings is 1. The van der Waals surface area contributed by atoms with Gasteiger partial charge in [-0.05, 0) is 50.4 Å². The van der Waals surface area contributed by atoms with Crippen LogP contribution in [-0.2, 0) is 0 Å². The number of anilines is 1. The van der Waals surface area contributed by atoms with Crippen molar-refractivity contribution in [3.05, 3.63) is 30.0 Å². The second-order valence-corrected chi connectivity index (χ2v) is 9.10. The fourth-order valence-corrected chi connectivity index (χ4v) is 5.21. The fraction of sp³-hybridized carbons (Fsp3) is 0.476. The standard InChI is InChI=1S/C21H26N6O2S/c28-14-4-2-10-27(12-14)17-6-5-16(30-17)19-25-18-15(7-9-23-20(18)26-19)21(29)24-13-3-1-8-22-11-13/h5-7,9,13-14,22,28H,1-4,8,10-12H2,(H,24,29)(H,23,25,26)/t13-,14?/m0/s1. The Hall–Kier alpha value is -2.49. The second kappa shape index (κ2) is 8.33. The summed E-state index contributed by atoms with van der Waals surface area (Å²) in [6, 6.07) is 5.98. The molecule has 3 aromatic rings. The summed E-state index contributed by atoms with van der Waals surface area (Å²) >= 11 is 1.64. The summed E-state index contributed by atoms with van der Waals surface area (Å²) in [5.41, 5.74) is 1.75. The van der Waals surface area contributed by atoms with E-state index in [1.54, 1.807) is 23.6 Å². The highest BCUT2D eigenvalue weighted by Crippen LogP contribution is 2.34. The molecule has 2 atom stereocenters. The van der Waals surface area contributed by atoms with E-state index in [0.717, 1.165) is 55.2 Å². The van der Waals surface area contributed by atoms with Crippen LogP contribution in [0.15, 0.2) is 24.4 Å². The van der Waals surface area contributed by atoms with Crippen LogP contribution in [0.3, 0.4) is 0 Å². The molecule has 0 aliphatic carbocycles. The summed E-state index contributed by atoms with van der Waals surface area (Å²) in [5.74, 6) is 0.606. The Kier molecular flexibility index (Phi) is 5.41. The lowest BCUT2D eigenvalue weighted by molar-refractivity contribution is 0.0932. The number of rotatable bonds is 4. The number of β-amino-alcohol motifs (C(OH)–C–C–N with tert-alkyl or cyclic N) is 1. The van der Waals surface area contributed by atoms with Crippen LogP contribution in [0.2, 0.25) is 0 Å². The summed E-state index contributed by atoms with van der Waals surface area (Å²) < 4.78 is 0. The molecule has 0 aromatic carbocycles. The first kappa shape index (κ1) is 19.5. The van der Waals surface area contributed by atoms with Crippen molar-refractivity contribution in [3.63, 3.8) is 0 Å². The van der Waals surface area contributed by atoms with Crippen molar-refractivity contribution in [2.24, 2.45) is 0 Å². The smallest absolute Gasteiger partial charge is 0.253 e. The number of fused-ring (bicyclic) bond motifs is 1. The van der Waals surface area contributed by atoms with Crippen LogP contribution in [0.5, 0.6) is 0 Å². The highest BCUT2D eigenvalue weighted by atomic mass is 32.1. The van der Waals surface area contributed by atoms with E-state index in [0.29, 0.717) is 29.1 Å². The quantitative estimate of drug-likeness (QED) is 0.509. The van der Waals surface area contributed by atoms with E-state index in [4.69, 9.17) is 4.98 Å². The van der Waals surface area contributed by atoms with Crippen LogP contribution in [0, 0.1) is 0 Å². The van der Waals surface area contributed by atoms with E-state index >= 15 is 0 Å². The molecule has 2 aliphatic rings. The Morgan fingerprint density at radius 2 is 2.20 bits per heavy atom. The number of hydrogen-bond acceptors (Lipinski definition) is 7. The maximum absolute atomic E-state index is 12.9. The molecule has 1 unspecified atom stereocenters. The van der Waals surface area contributed by atoms with Gasteiger partial charge < -0.3 is 25.6 Å². The average molecular weight is 427 g/mol. The van der Waals surface area contributed by atoms with Crippen LogP contribution in [0.1, 0.15) is 36.0 Å². The number of aliphatic hydroxyl groups excluding tert-OH is 1. The van der Waals surface area contributed by atoms with Gasteiger partial charge in [0.25, 0.3) is 5.91 Å². The largest absolute Gasteiger partial charge is 0.391 e. The number of hydrogen-bond donors (Lipinski definition) is 4. The molecule has 30 heavy (non-hydrogen) atoms. The van der Waals surface area contributed by atoms with E-state index in [-0.39, 0.29) is 18.1 Å². The predicted molar refractivity (Wildman–Crippen MR) is 118 cm³/mol. The van der Waals surface area contributed by atoms with Gasteiger partial charge in [0.05, 0.1) is 21.5 Å². The number of carbonyl (C=O) groups is 1. The zero-order valence-electron chi connectivity index (χ0n) is 16.7. The number of aromatic amines is 1. The molecule has 4 N–H and O–H groups in total. The molecule has 0 bridgehead atoms. The third kappa shape index (κ3) is 3.92. The normalized spacial score (nSPS) is 22.4. The topological polar surface area (TPSA) is 106 Å². The van der Waals surface area contributed by atoms with Crippen molar-refractivity contribution in [2.75, 3.05) is 31.1 Å². The van der Waals surface area contributed by atoms with Gasteiger partial charge in [0.2, 0.25) is 0 Å². The van der Waals surface area contributed by atoms with Crippen LogP contribution in [0.25, 0.3) is 21.9 Å². The maximum atomic E-state index is 12.9. The van der Waals surface area contributed by atoms with Crippen LogP contribution in [-0.4, -0.2) is 64.3 Å². The van der Waals surface area contributed by atoms with Gasteiger partial charge in [-0.2, -0.15) is 0 Å². The van der Waals surface area contributed by atoms with Gasteiger partial charge in [0.15, 0.2) is 5.65 Å². The van der Waals surface area contributed by atoms with Gasteiger partial charge in [0.1, 0.15) is 11.3 Å². The third-order valence-electron chi connectivity index (χ3n) is 5.79. The number of nitrogens with zero attached hydrogens (tertiary/aromatic N) is 3. The first-order valence-electron chi connectivity index (χ1n) is 10.6. The van der Waals surface area contributed by atoms with Crippen molar-refractivity contribution in [1.82, 2.24) is 25.6 Å². The number of aromatic nitrogens is 3. The lowest BCUT2D eigenvalue weighted by atomic mass is 10.1. The fourth-order valence-electron chi connectivity index (χ4n) is 4.23. The Labute approximate surface area is 178 Å². The Morgan fingerprint density at radius 1 is 1.27 bits per heavy atom. The zero-order chi connectivity index (χ0) is 20.5. The molecule has 0 radical (unpaired) electrons. The number of carbonyl (C=O) groups excluding carboxylic acids is 1. The zero-order valence-corrected chi connectivity index (χ0v) is 17.5. The SMILES string of the molecule is O=C(N[C@H]1CCCNC1)c1ccnc2[nH]c(-c3ccc(N4CCCC(O)C4)s3)nc12. The summed E-state index contributed by atoms with van der Waals surface area (Å²) in [7, 11) is 0. The molecule has 5 heterocycles. The molecule has 158 valence electrons. The van der Waals surface area contributed by atoms with Gasteiger partial charge in [-0.3, -0.25) is 4.79 Å². The molecule has 2 aliphatic heterocycles. The van der Waals surface area contributed by atoms with Gasteiger partial charge in [-0.15, -0.1) is 11.3 Å². The second-order valence-electron chi connectivity index (χ2n) is 8.04. The number of nitrogens with one attached hydrogen (secondary N) is 3. The Bertz CT molecular complexity index is 1040. The molecule has 0 spiro atoms. The number of piperidine rings is 2. The van der Waals surface area contributed by atoms with E-state index < -0.39 is 0 Å². The van der Waals surface area contributed by atoms with Gasteiger partial charge >= 0.3 is 0 Å². The molecule has 5 rings (SSSR count). The minimum atomic E-state index is -0.264. The van der Waals surface area contributed by atoms with Crippen LogP contribution < -0.4 is 15.5 Å². The van der Waals surface area contributed by atoms with Crippen molar-refractivity contribution in [3.8, 4) is 10.7 Å². The highest BCUT2D eigenvalue weighted by molar-refractivity contribution is 7.19. The summed E-state index contributed by atoms with van der Waals surface area (Å²) in [6.45, 7) is 3.43. The molecule has 9 heteroatoms. The monoisotopic (exact) mass is 426 g/mol. The summed E-state index contributed by atoms with van der Waals surface area (Å²) in [6.07, 6.45) is 5.30. The summed E-state index contributed by atoms with van der Waals surface area (Å²) in [5, 5.41) is 17.5. The molecular formula is C21H26N6O2S. The number of imidazole rings is 1. The Morgan fingerprint density at radius 3 is 3.03 bits per heavy atom. The predicted octanol–water partition coefficient (Wildman–Crippen LogP) is 2.13. The molecule has 2 fully saturated rings. The number of aliphatic hydroxyl groups is 1. The minimum absolute atomic E-state index is 0.108. The van der Waals surface area contributed by atoms with Gasteiger partial charge in [-0.1, -0.05) is 0 Å². The first-order valence-corrected chi connectivity index (χ1v) is 11.4. The average Bonchev–Trinajstić information content (AvgIpc) is 3.41. The first-order chi connectivity index (χ1) is 14.7. The molecule has 0 saturated carbocycles. The lowest BCUT2D eigenvalue weighted by Gasteiger charge is -2.30.